The molecule has 0 atom stereocenters. The molecule has 0 aromatic heterocycles. The lowest BCUT2D eigenvalue weighted by molar-refractivity contribution is 0.104. The van der Waals surface area contributed by atoms with E-state index in [1.807, 2.05) is 24.3 Å². The molecule has 0 fully saturated rings. The van der Waals surface area contributed by atoms with E-state index >= 15 is 0 Å². The van der Waals surface area contributed by atoms with Gasteiger partial charge in [-0.05, 0) is 60.2 Å². The fraction of sp³-hybridized carbons (Fsp3) is 0.160. The number of rotatable bonds is 8. The Bertz CT molecular complexity index is 1120. The Morgan fingerprint density at radius 1 is 0.774 bits per heavy atom. The number of hydrogen-bond acceptors (Lipinski definition) is 6. The molecule has 3 rings (SSSR count). The quantitative estimate of drug-likeness (QED) is 0.319. The first-order valence-electron chi connectivity index (χ1n) is 9.57. The molecular formula is C25H25NO5. The van der Waals surface area contributed by atoms with Gasteiger partial charge in [0.15, 0.2) is 17.3 Å². The minimum atomic E-state index is -0.153. The summed E-state index contributed by atoms with van der Waals surface area (Å²) in [4.78, 5) is 12.8. The smallest absolute Gasteiger partial charge is 0.185 e. The van der Waals surface area contributed by atoms with Crippen molar-refractivity contribution in [3.8, 4) is 34.1 Å². The van der Waals surface area contributed by atoms with Crippen LogP contribution in [-0.4, -0.2) is 34.2 Å². The van der Waals surface area contributed by atoms with Crippen LogP contribution in [0.15, 0.2) is 60.7 Å². The van der Waals surface area contributed by atoms with E-state index in [9.17, 15) is 4.79 Å². The molecule has 31 heavy (non-hydrogen) atoms. The molecule has 0 radical (unpaired) electrons. The number of carbonyl (C=O) groups excluding carboxylic acids is 1. The Kier molecular flexibility index (Phi) is 6.82. The highest BCUT2D eigenvalue weighted by atomic mass is 16.5. The fourth-order valence-corrected chi connectivity index (χ4v) is 3.18. The normalized spacial score (nSPS) is 10.7. The number of nitrogens with two attached hydrogens (primary N) is 1. The summed E-state index contributed by atoms with van der Waals surface area (Å²) in [5.41, 5.74) is 9.59. The molecule has 3 aromatic carbocycles. The summed E-state index contributed by atoms with van der Waals surface area (Å²) in [6, 6.07) is 16.1. The van der Waals surface area contributed by atoms with Gasteiger partial charge in [-0.15, -0.1) is 0 Å². The molecule has 0 amide bonds. The summed E-state index contributed by atoms with van der Waals surface area (Å²) in [7, 11) is 6.31. The molecule has 0 aliphatic rings. The van der Waals surface area contributed by atoms with Gasteiger partial charge in [0.1, 0.15) is 11.5 Å². The number of ether oxygens (including phenoxy) is 4. The van der Waals surface area contributed by atoms with Crippen molar-refractivity contribution in [2.45, 2.75) is 0 Å². The van der Waals surface area contributed by atoms with Gasteiger partial charge < -0.3 is 24.7 Å². The van der Waals surface area contributed by atoms with E-state index in [4.69, 9.17) is 24.7 Å². The fourth-order valence-electron chi connectivity index (χ4n) is 3.18. The lowest BCUT2D eigenvalue weighted by atomic mass is 9.98. The van der Waals surface area contributed by atoms with Gasteiger partial charge in [-0.1, -0.05) is 6.07 Å². The average molecular weight is 419 g/mol. The zero-order valence-electron chi connectivity index (χ0n) is 18.0. The van der Waals surface area contributed by atoms with Crippen LogP contribution in [0.1, 0.15) is 15.9 Å². The second-order valence-corrected chi connectivity index (χ2v) is 6.68. The third-order valence-electron chi connectivity index (χ3n) is 4.89. The van der Waals surface area contributed by atoms with Gasteiger partial charge in [0.2, 0.25) is 0 Å². The van der Waals surface area contributed by atoms with E-state index in [0.717, 1.165) is 16.7 Å². The lowest BCUT2D eigenvalue weighted by Gasteiger charge is -2.12. The highest BCUT2D eigenvalue weighted by molar-refractivity contribution is 6.08. The monoisotopic (exact) mass is 419 g/mol. The van der Waals surface area contributed by atoms with Crippen LogP contribution < -0.4 is 24.7 Å². The Hall–Kier alpha value is -3.93. The Morgan fingerprint density at radius 3 is 2.19 bits per heavy atom. The van der Waals surface area contributed by atoms with Crippen molar-refractivity contribution in [3.63, 3.8) is 0 Å². The van der Waals surface area contributed by atoms with Crippen LogP contribution in [0.3, 0.4) is 0 Å². The van der Waals surface area contributed by atoms with Crippen LogP contribution in [0.4, 0.5) is 5.69 Å². The molecule has 160 valence electrons. The first-order chi connectivity index (χ1) is 15.0. The minimum Gasteiger partial charge on any atom is -0.497 e. The van der Waals surface area contributed by atoms with Crippen LogP contribution in [0.2, 0.25) is 0 Å². The zero-order valence-corrected chi connectivity index (χ0v) is 18.0. The molecule has 3 aromatic rings. The zero-order chi connectivity index (χ0) is 22.4. The second-order valence-electron chi connectivity index (χ2n) is 6.68. The van der Waals surface area contributed by atoms with Crippen LogP contribution in [-0.2, 0) is 0 Å². The van der Waals surface area contributed by atoms with Crippen molar-refractivity contribution in [1.29, 1.82) is 0 Å². The summed E-state index contributed by atoms with van der Waals surface area (Å²) in [6.07, 6.45) is 3.22. The van der Waals surface area contributed by atoms with Crippen molar-refractivity contribution in [2.24, 2.45) is 0 Å². The lowest BCUT2D eigenvalue weighted by Crippen LogP contribution is -1.99. The van der Waals surface area contributed by atoms with Crippen molar-refractivity contribution in [3.05, 3.63) is 71.8 Å². The van der Waals surface area contributed by atoms with Gasteiger partial charge in [-0.3, -0.25) is 4.79 Å². The maximum Gasteiger partial charge on any atom is 0.185 e. The molecule has 0 unspecified atom stereocenters. The number of ketones is 1. The van der Waals surface area contributed by atoms with Gasteiger partial charge in [0.05, 0.1) is 28.4 Å². The largest absolute Gasteiger partial charge is 0.497 e. The molecule has 6 nitrogen and oxygen atoms in total. The third-order valence-corrected chi connectivity index (χ3v) is 4.89. The molecule has 6 heteroatoms. The molecule has 0 aliphatic heterocycles. The molecule has 0 saturated carbocycles. The van der Waals surface area contributed by atoms with Gasteiger partial charge in [-0.2, -0.15) is 0 Å². The first-order valence-corrected chi connectivity index (χ1v) is 9.57. The molecular weight excluding hydrogens is 394 g/mol. The standard InChI is InChI=1S/C25H25NO5/c1-28-19-9-5-16(24(15-19)30-3)7-11-22(27)18-6-10-21(26)20(13-18)17-8-12-23(29-2)25(14-17)31-4/h5-15H,26H2,1-4H3/b11-7+. The molecule has 0 spiro atoms. The first kappa shape index (κ1) is 21.8. The maximum absolute atomic E-state index is 12.8. The molecule has 0 heterocycles. The summed E-state index contributed by atoms with van der Waals surface area (Å²) in [5, 5.41) is 0. The Morgan fingerprint density at radius 2 is 1.52 bits per heavy atom. The number of benzene rings is 3. The van der Waals surface area contributed by atoms with Crippen molar-refractivity contribution in [2.75, 3.05) is 34.2 Å². The summed E-state index contributed by atoms with van der Waals surface area (Å²) in [6.45, 7) is 0. The van der Waals surface area contributed by atoms with Crippen LogP contribution in [0, 0.1) is 0 Å². The van der Waals surface area contributed by atoms with Crippen molar-refractivity contribution in [1.82, 2.24) is 0 Å². The summed E-state index contributed by atoms with van der Waals surface area (Å²) < 4.78 is 21.2. The molecule has 0 bridgehead atoms. The predicted molar refractivity (Wildman–Crippen MR) is 122 cm³/mol. The third kappa shape index (κ3) is 4.80. The van der Waals surface area contributed by atoms with Gasteiger partial charge in [0.25, 0.3) is 0 Å². The minimum absolute atomic E-state index is 0.153. The average Bonchev–Trinajstić information content (AvgIpc) is 2.82. The van der Waals surface area contributed by atoms with Gasteiger partial charge >= 0.3 is 0 Å². The second kappa shape index (κ2) is 9.71. The van der Waals surface area contributed by atoms with E-state index in [2.05, 4.69) is 0 Å². The highest BCUT2D eigenvalue weighted by Gasteiger charge is 2.12. The Labute approximate surface area is 181 Å². The molecule has 0 aliphatic carbocycles. The van der Waals surface area contributed by atoms with E-state index in [-0.39, 0.29) is 5.78 Å². The van der Waals surface area contributed by atoms with Crippen LogP contribution >= 0.6 is 0 Å². The number of nitrogen functional groups attached to an aromatic ring is 1. The SMILES string of the molecule is COc1ccc(/C=C/C(=O)c2ccc(N)c(-c3ccc(OC)c(OC)c3)c2)c(OC)c1. The Balaban J connectivity index is 1.91. The van der Waals surface area contributed by atoms with Crippen molar-refractivity contribution >= 4 is 17.5 Å². The van der Waals surface area contributed by atoms with E-state index < -0.39 is 0 Å². The number of hydrogen-bond donors (Lipinski definition) is 1. The van der Waals surface area contributed by atoms with Crippen molar-refractivity contribution < 1.29 is 23.7 Å². The molecule has 2 N–H and O–H groups in total. The highest BCUT2D eigenvalue weighted by Crippen LogP contribution is 2.35. The van der Waals surface area contributed by atoms with E-state index in [0.29, 0.717) is 34.2 Å². The topological polar surface area (TPSA) is 80.0 Å². The van der Waals surface area contributed by atoms with Crippen LogP contribution in [0.25, 0.3) is 17.2 Å². The van der Waals surface area contributed by atoms with Gasteiger partial charge in [0, 0.05) is 28.4 Å². The summed E-state index contributed by atoms with van der Waals surface area (Å²) >= 11 is 0. The molecule has 0 saturated heterocycles. The number of allylic oxidation sites excluding steroid dienone is 1. The van der Waals surface area contributed by atoms with E-state index in [1.165, 1.54) is 6.08 Å². The number of anilines is 1. The van der Waals surface area contributed by atoms with Crippen LogP contribution in [0.5, 0.6) is 23.0 Å². The predicted octanol–water partition coefficient (Wildman–Crippen LogP) is 4.87. The summed E-state index contributed by atoms with van der Waals surface area (Å²) in [5.74, 6) is 2.35. The van der Waals surface area contributed by atoms with E-state index in [1.54, 1.807) is 64.8 Å². The van der Waals surface area contributed by atoms with Gasteiger partial charge in [-0.25, -0.2) is 0 Å². The maximum atomic E-state index is 12.8. The number of methoxy groups -OCH3 is 4. The number of carbonyl (C=O) groups is 1.